The molecular weight excluding hydrogens is 264 g/mol. The molecule has 0 aromatic carbocycles. The van der Waals surface area contributed by atoms with Crippen LogP contribution < -0.4 is 5.32 Å². The number of unbranched alkanes of at least 4 members (excludes halogenated alkanes) is 1. The normalized spacial score (nSPS) is 12.7. The third-order valence-electron chi connectivity index (χ3n) is 2.49. The topological polar surface area (TPSA) is 63.6 Å². The number of aromatic nitrogens is 1. The molecule has 0 bridgehead atoms. The van der Waals surface area contributed by atoms with Crippen LogP contribution in [-0.2, 0) is 16.0 Å². The number of hydrogen-bond donors (Lipinski definition) is 2. The minimum atomic E-state index is -0.483. The average molecular weight is 288 g/mol. The highest BCUT2D eigenvalue weighted by Crippen LogP contribution is 2.03. The summed E-state index contributed by atoms with van der Waals surface area (Å²) in [4.78, 5) is 5.15. The molecule has 1 unspecified atom stereocenters. The maximum atomic E-state index is 9.68. The van der Waals surface area contributed by atoms with Crippen LogP contribution >= 0.6 is 11.3 Å². The first kappa shape index (κ1) is 16.5. The van der Waals surface area contributed by atoms with Gasteiger partial charge in [-0.1, -0.05) is 13.3 Å². The molecule has 0 aliphatic carbocycles. The average Bonchev–Trinajstić information content (AvgIpc) is 2.91. The van der Waals surface area contributed by atoms with Crippen molar-refractivity contribution in [2.45, 2.75) is 32.4 Å². The second-order valence-corrected chi connectivity index (χ2v) is 5.26. The van der Waals surface area contributed by atoms with E-state index in [2.05, 4.69) is 17.2 Å². The summed E-state index contributed by atoms with van der Waals surface area (Å²) >= 11 is 1.60. The summed E-state index contributed by atoms with van der Waals surface area (Å²) in [6.45, 7) is 5.66. The van der Waals surface area contributed by atoms with Crippen LogP contribution in [0.4, 0.5) is 0 Å². The molecular formula is C13H24N2O3S. The van der Waals surface area contributed by atoms with Gasteiger partial charge in [0.15, 0.2) is 0 Å². The predicted octanol–water partition coefficient (Wildman–Crippen LogP) is 1.43. The van der Waals surface area contributed by atoms with Crippen LogP contribution in [-0.4, -0.2) is 49.2 Å². The Morgan fingerprint density at radius 1 is 1.37 bits per heavy atom. The number of nitrogens with one attached hydrogen (secondary N) is 1. The summed E-state index contributed by atoms with van der Waals surface area (Å²) in [5.41, 5.74) is 1.80. The number of hydrogen-bond acceptors (Lipinski definition) is 6. The van der Waals surface area contributed by atoms with Crippen molar-refractivity contribution in [1.29, 1.82) is 0 Å². The lowest BCUT2D eigenvalue weighted by molar-refractivity contribution is 0.00386. The third kappa shape index (κ3) is 9.07. The van der Waals surface area contributed by atoms with Crippen LogP contribution in [0.3, 0.4) is 0 Å². The van der Waals surface area contributed by atoms with Gasteiger partial charge in [0.25, 0.3) is 0 Å². The Labute approximate surface area is 119 Å². The smallest absolute Gasteiger partial charge is 0.0897 e. The molecule has 0 spiro atoms. The van der Waals surface area contributed by atoms with Crippen molar-refractivity contribution in [3.63, 3.8) is 0 Å². The quantitative estimate of drug-likeness (QED) is 0.570. The molecule has 110 valence electrons. The van der Waals surface area contributed by atoms with Gasteiger partial charge < -0.3 is 19.9 Å². The second kappa shape index (κ2) is 11.3. The van der Waals surface area contributed by atoms with E-state index in [1.54, 1.807) is 16.8 Å². The summed E-state index contributed by atoms with van der Waals surface area (Å²) in [7, 11) is 0. The van der Waals surface area contributed by atoms with Crippen molar-refractivity contribution in [3.8, 4) is 0 Å². The number of ether oxygens (including phenoxy) is 2. The molecule has 2 N–H and O–H groups in total. The van der Waals surface area contributed by atoms with E-state index >= 15 is 0 Å². The van der Waals surface area contributed by atoms with E-state index in [1.165, 1.54) is 0 Å². The zero-order valence-corrected chi connectivity index (χ0v) is 12.3. The first-order valence-electron chi connectivity index (χ1n) is 6.74. The summed E-state index contributed by atoms with van der Waals surface area (Å²) in [5, 5.41) is 12.8. The van der Waals surface area contributed by atoms with Crippen molar-refractivity contribution >= 4 is 11.3 Å². The maximum Gasteiger partial charge on any atom is 0.0897 e. The highest BCUT2D eigenvalue weighted by Gasteiger charge is 2.04. The Morgan fingerprint density at radius 2 is 2.21 bits per heavy atom. The molecule has 5 nitrogen and oxygen atoms in total. The number of aliphatic hydroxyl groups excluding tert-OH is 1. The minimum absolute atomic E-state index is 0.340. The van der Waals surface area contributed by atoms with Gasteiger partial charge in [0.2, 0.25) is 0 Å². The van der Waals surface area contributed by atoms with Crippen LogP contribution in [0, 0.1) is 0 Å². The zero-order chi connectivity index (χ0) is 13.8. The van der Waals surface area contributed by atoms with Crippen molar-refractivity contribution in [2.75, 3.05) is 33.0 Å². The van der Waals surface area contributed by atoms with Crippen molar-refractivity contribution in [2.24, 2.45) is 0 Å². The fourth-order valence-corrected chi connectivity index (χ4v) is 2.00. The standard InChI is InChI=1S/C13H24N2O3S/c1-2-3-4-17-5-6-18-10-12(16)7-14-8-13-9-15-11-19-13/h9,11-12,14,16H,2-8,10H2,1H3. The second-order valence-electron chi connectivity index (χ2n) is 4.29. The molecule has 0 fully saturated rings. The summed E-state index contributed by atoms with van der Waals surface area (Å²) in [6, 6.07) is 0. The lowest BCUT2D eigenvalue weighted by Crippen LogP contribution is -2.30. The maximum absolute atomic E-state index is 9.68. The van der Waals surface area contributed by atoms with Crippen molar-refractivity contribution < 1.29 is 14.6 Å². The van der Waals surface area contributed by atoms with Crippen molar-refractivity contribution in [1.82, 2.24) is 10.3 Å². The molecule has 0 saturated heterocycles. The predicted molar refractivity (Wildman–Crippen MR) is 76.4 cm³/mol. The number of nitrogens with zero attached hydrogens (tertiary/aromatic N) is 1. The SMILES string of the molecule is CCCCOCCOCC(O)CNCc1cncs1. The number of rotatable bonds is 12. The van der Waals surface area contributed by atoms with Crippen LogP contribution in [0.1, 0.15) is 24.6 Å². The Bertz CT molecular complexity index is 296. The Balaban J connectivity index is 1.86. The molecule has 1 aromatic rings. The van der Waals surface area contributed by atoms with Gasteiger partial charge in [0.1, 0.15) is 0 Å². The fourth-order valence-electron chi connectivity index (χ4n) is 1.44. The van der Waals surface area contributed by atoms with Gasteiger partial charge >= 0.3 is 0 Å². The van der Waals surface area contributed by atoms with E-state index in [4.69, 9.17) is 9.47 Å². The van der Waals surface area contributed by atoms with Crippen LogP contribution in [0.15, 0.2) is 11.7 Å². The van der Waals surface area contributed by atoms with Gasteiger partial charge in [-0.3, -0.25) is 4.98 Å². The highest BCUT2D eigenvalue weighted by atomic mass is 32.1. The third-order valence-corrected chi connectivity index (χ3v) is 3.27. The zero-order valence-electron chi connectivity index (χ0n) is 11.5. The van der Waals surface area contributed by atoms with E-state index in [1.807, 2.05) is 6.20 Å². The van der Waals surface area contributed by atoms with Crippen LogP contribution in [0.25, 0.3) is 0 Å². The van der Waals surface area contributed by atoms with Gasteiger partial charge in [-0.15, -0.1) is 11.3 Å². The van der Waals surface area contributed by atoms with Gasteiger partial charge in [0.05, 0.1) is 31.4 Å². The molecule has 0 saturated carbocycles. The van der Waals surface area contributed by atoms with Gasteiger partial charge in [-0.2, -0.15) is 0 Å². The summed E-state index contributed by atoms with van der Waals surface area (Å²) < 4.78 is 10.7. The van der Waals surface area contributed by atoms with Crippen LogP contribution in [0.5, 0.6) is 0 Å². The lowest BCUT2D eigenvalue weighted by Gasteiger charge is -2.12. The van der Waals surface area contributed by atoms with Crippen molar-refractivity contribution in [3.05, 3.63) is 16.6 Å². The highest BCUT2D eigenvalue weighted by molar-refractivity contribution is 7.09. The number of aliphatic hydroxyl groups is 1. The van der Waals surface area contributed by atoms with E-state index in [0.29, 0.717) is 26.4 Å². The molecule has 0 amide bonds. The first-order valence-corrected chi connectivity index (χ1v) is 7.62. The largest absolute Gasteiger partial charge is 0.389 e. The van der Waals surface area contributed by atoms with E-state index in [-0.39, 0.29) is 0 Å². The van der Waals surface area contributed by atoms with Crippen LogP contribution in [0.2, 0.25) is 0 Å². The molecule has 1 heterocycles. The fraction of sp³-hybridized carbons (Fsp3) is 0.769. The Kier molecular flexibility index (Phi) is 9.84. The molecule has 0 radical (unpaired) electrons. The van der Waals surface area contributed by atoms with E-state index in [0.717, 1.165) is 30.9 Å². The summed E-state index contributed by atoms with van der Waals surface area (Å²) in [6.07, 6.45) is 3.58. The lowest BCUT2D eigenvalue weighted by atomic mass is 10.3. The van der Waals surface area contributed by atoms with Gasteiger partial charge in [0, 0.05) is 30.8 Å². The molecule has 1 aromatic heterocycles. The first-order chi connectivity index (χ1) is 9.33. The van der Waals surface area contributed by atoms with Gasteiger partial charge in [-0.05, 0) is 6.42 Å². The van der Waals surface area contributed by atoms with E-state index in [9.17, 15) is 5.11 Å². The molecule has 6 heteroatoms. The van der Waals surface area contributed by atoms with Gasteiger partial charge in [-0.25, -0.2) is 0 Å². The van der Waals surface area contributed by atoms with E-state index < -0.39 is 6.10 Å². The number of thiazole rings is 1. The minimum Gasteiger partial charge on any atom is -0.389 e. The molecule has 1 atom stereocenters. The molecule has 19 heavy (non-hydrogen) atoms. The molecule has 1 rings (SSSR count). The Hall–Kier alpha value is -0.530. The summed E-state index contributed by atoms with van der Waals surface area (Å²) in [5.74, 6) is 0. The Morgan fingerprint density at radius 3 is 2.95 bits per heavy atom. The molecule has 0 aliphatic heterocycles. The monoisotopic (exact) mass is 288 g/mol. The molecule has 0 aliphatic rings.